The van der Waals surface area contributed by atoms with E-state index in [9.17, 15) is 4.79 Å². The molecule has 0 aliphatic rings. The number of rotatable bonds is 4. The van der Waals surface area contributed by atoms with E-state index < -0.39 is 5.63 Å². The maximum Gasteiger partial charge on any atom is 0.346 e. The van der Waals surface area contributed by atoms with Crippen LogP contribution >= 0.6 is 0 Å². The second-order valence-corrected chi connectivity index (χ2v) is 6.32. The van der Waals surface area contributed by atoms with Crippen molar-refractivity contribution in [2.75, 3.05) is 20.0 Å². The fourth-order valence-corrected chi connectivity index (χ4v) is 3.31. The van der Waals surface area contributed by atoms with Crippen LogP contribution in [0.3, 0.4) is 0 Å². The zero-order valence-corrected chi connectivity index (χ0v) is 15.6. The number of nitrogens with two attached hydrogens (primary N) is 1. The summed E-state index contributed by atoms with van der Waals surface area (Å²) in [4.78, 5) is 12.7. The van der Waals surface area contributed by atoms with Gasteiger partial charge in [-0.1, -0.05) is 24.3 Å². The van der Waals surface area contributed by atoms with E-state index in [-0.39, 0.29) is 0 Å². The number of hydrogen-bond acceptors (Lipinski definition) is 5. The molecule has 28 heavy (non-hydrogen) atoms. The Morgan fingerprint density at radius 2 is 1.36 bits per heavy atom. The smallest absolute Gasteiger partial charge is 0.346 e. The molecule has 0 atom stereocenters. The van der Waals surface area contributed by atoms with Gasteiger partial charge in [0.1, 0.15) is 17.3 Å². The largest absolute Gasteiger partial charge is 0.497 e. The van der Waals surface area contributed by atoms with Crippen LogP contribution in [0.25, 0.3) is 33.2 Å². The van der Waals surface area contributed by atoms with Crippen molar-refractivity contribution in [2.24, 2.45) is 0 Å². The van der Waals surface area contributed by atoms with Crippen LogP contribution in [0.15, 0.2) is 75.9 Å². The van der Waals surface area contributed by atoms with Gasteiger partial charge in [0.15, 0.2) is 0 Å². The number of benzene rings is 3. The first-order chi connectivity index (χ1) is 13.6. The average molecular weight is 373 g/mol. The van der Waals surface area contributed by atoms with E-state index in [1.807, 2.05) is 60.7 Å². The maximum absolute atomic E-state index is 12.7. The molecule has 1 heterocycles. The lowest BCUT2D eigenvalue weighted by atomic mass is 9.95. The first-order valence-electron chi connectivity index (χ1n) is 8.76. The van der Waals surface area contributed by atoms with Crippen LogP contribution in [0.2, 0.25) is 0 Å². The minimum atomic E-state index is -0.462. The van der Waals surface area contributed by atoms with Gasteiger partial charge in [-0.25, -0.2) is 4.79 Å². The van der Waals surface area contributed by atoms with Gasteiger partial charge in [0.25, 0.3) is 0 Å². The molecule has 3 aromatic carbocycles. The molecule has 0 bridgehead atoms. The van der Waals surface area contributed by atoms with E-state index in [2.05, 4.69) is 0 Å². The quantitative estimate of drug-likeness (QED) is 0.524. The third-order valence-corrected chi connectivity index (χ3v) is 4.72. The fourth-order valence-electron chi connectivity index (χ4n) is 3.31. The van der Waals surface area contributed by atoms with Crippen molar-refractivity contribution < 1.29 is 13.9 Å². The van der Waals surface area contributed by atoms with E-state index in [1.54, 1.807) is 20.3 Å². The van der Waals surface area contributed by atoms with Gasteiger partial charge < -0.3 is 19.6 Å². The molecule has 0 saturated heterocycles. The Hall–Kier alpha value is -3.73. The van der Waals surface area contributed by atoms with Crippen LogP contribution in [0.1, 0.15) is 0 Å². The number of methoxy groups -OCH3 is 2. The Morgan fingerprint density at radius 1 is 0.786 bits per heavy atom. The van der Waals surface area contributed by atoms with E-state index >= 15 is 0 Å². The third-order valence-electron chi connectivity index (χ3n) is 4.72. The minimum Gasteiger partial charge on any atom is -0.497 e. The molecular formula is C23H19NO4. The molecule has 0 spiro atoms. The predicted molar refractivity (Wildman–Crippen MR) is 111 cm³/mol. The van der Waals surface area contributed by atoms with Gasteiger partial charge in [-0.05, 0) is 48.0 Å². The number of anilines is 1. The molecule has 5 nitrogen and oxygen atoms in total. The summed E-state index contributed by atoms with van der Waals surface area (Å²) in [5.41, 5.74) is 8.48. The van der Waals surface area contributed by atoms with Gasteiger partial charge in [-0.15, -0.1) is 0 Å². The van der Waals surface area contributed by atoms with E-state index in [0.717, 1.165) is 33.6 Å². The first-order valence-corrected chi connectivity index (χ1v) is 8.76. The van der Waals surface area contributed by atoms with Gasteiger partial charge in [-0.3, -0.25) is 0 Å². The molecule has 140 valence electrons. The second kappa shape index (κ2) is 7.12. The molecule has 2 N–H and O–H groups in total. The average Bonchev–Trinajstić information content (AvgIpc) is 2.74. The van der Waals surface area contributed by atoms with Crippen molar-refractivity contribution in [3.63, 3.8) is 0 Å². The molecule has 1 aromatic heterocycles. The molecule has 0 unspecified atom stereocenters. The Kier molecular flexibility index (Phi) is 4.49. The van der Waals surface area contributed by atoms with Crippen molar-refractivity contribution in [2.45, 2.75) is 0 Å². The lowest BCUT2D eigenvalue weighted by Crippen LogP contribution is -2.06. The van der Waals surface area contributed by atoms with Gasteiger partial charge >= 0.3 is 5.63 Å². The van der Waals surface area contributed by atoms with Crippen molar-refractivity contribution in [3.05, 3.63) is 77.2 Å². The van der Waals surface area contributed by atoms with Crippen molar-refractivity contribution in [3.8, 4) is 33.9 Å². The highest BCUT2D eigenvalue weighted by Crippen LogP contribution is 2.38. The molecule has 0 amide bonds. The fraction of sp³-hybridized carbons (Fsp3) is 0.0870. The molecule has 0 saturated carbocycles. The normalized spacial score (nSPS) is 10.8. The lowest BCUT2D eigenvalue weighted by molar-refractivity contribution is 0.414. The van der Waals surface area contributed by atoms with Crippen LogP contribution in [-0.2, 0) is 0 Å². The monoisotopic (exact) mass is 373 g/mol. The summed E-state index contributed by atoms with van der Waals surface area (Å²) in [6, 6.07) is 20.4. The molecule has 4 aromatic rings. The second-order valence-electron chi connectivity index (χ2n) is 6.32. The lowest BCUT2D eigenvalue weighted by Gasteiger charge is -2.14. The number of nitrogen functional groups attached to an aromatic ring is 1. The van der Waals surface area contributed by atoms with Gasteiger partial charge in [0.05, 0.1) is 19.6 Å². The third kappa shape index (κ3) is 2.97. The van der Waals surface area contributed by atoms with Gasteiger partial charge in [0, 0.05) is 22.2 Å². The summed E-state index contributed by atoms with van der Waals surface area (Å²) in [5.74, 6) is 1.95. The maximum atomic E-state index is 12.7. The topological polar surface area (TPSA) is 74.7 Å². The molecule has 5 heteroatoms. The highest BCUT2D eigenvalue weighted by molar-refractivity contribution is 6.05. The van der Waals surface area contributed by atoms with Crippen LogP contribution < -0.4 is 20.8 Å². The molecule has 0 fully saturated rings. The highest BCUT2D eigenvalue weighted by atomic mass is 16.5. The van der Waals surface area contributed by atoms with Crippen LogP contribution in [0.4, 0.5) is 5.69 Å². The van der Waals surface area contributed by atoms with Crippen molar-refractivity contribution in [1.82, 2.24) is 0 Å². The number of ether oxygens (including phenoxy) is 2. The zero-order valence-electron chi connectivity index (χ0n) is 15.6. The van der Waals surface area contributed by atoms with Crippen LogP contribution in [0.5, 0.6) is 11.5 Å². The molecule has 0 radical (unpaired) electrons. The Bertz CT molecular complexity index is 1190. The highest BCUT2D eigenvalue weighted by Gasteiger charge is 2.18. The summed E-state index contributed by atoms with van der Waals surface area (Å²) < 4.78 is 16.3. The number of fused-ring (bicyclic) bond motifs is 1. The van der Waals surface area contributed by atoms with Gasteiger partial charge in [-0.2, -0.15) is 0 Å². The summed E-state index contributed by atoms with van der Waals surface area (Å²) in [6.07, 6.45) is 0. The standard InChI is InChI=1S/C23H19NO4/c1-26-16-10-6-14(7-11-16)20-18-4-3-5-19(24)21(18)23(25)28-22(20)15-8-12-17(27-2)13-9-15/h3-13H,24H2,1-2H3. The summed E-state index contributed by atoms with van der Waals surface area (Å²) in [6.45, 7) is 0. The SMILES string of the molecule is COc1ccc(-c2oc(=O)c3c(N)cccc3c2-c2ccc(OC)cc2)cc1. The zero-order chi connectivity index (χ0) is 19.7. The Balaban J connectivity index is 2.06. The predicted octanol–water partition coefficient (Wildman–Crippen LogP) is 4.73. The molecular weight excluding hydrogens is 354 g/mol. The Labute approximate surface area is 161 Å². The van der Waals surface area contributed by atoms with Crippen molar-refractivity contribution in [1.29, 1.82) is 0 Å². The van der Waals surface area contributed by atoms with E-state index in [0.29, 0.717) is 16.8 Å². The summed E-state index contributed by atoms with van der Waals surface area (Å²) in [7, 11) is 3.23. The van der Waals surface area contributed by atoms with E-state index in [1.165, 1.54) is 0 Å². The molecule has 0 aliphatic carbocycles. The summed E-state index contributed by atoms with van der Waals surface area (Å²) in [5, 5.41) is 1.12. The molecule has 0 aliphatic heterocycles. The molecule has 4 rings (SSSR count). The summed E-state index contributed by atoms with van der Waals surface area (Å²) >= 11 is 0. The van der Waals surface area contributed by atoms with Crippen LogP contribution in [0, 0.1) is 0 Å². The first kappa shape index (κ1) is 17.7. The van der Waals surface area contributed by atoms with E-state index in [4.69, 9.17) is 19.6 Å². The minimum absolute atomic E-state index is 0.380. The van der Waals surface area contributed by atoms with Crippen molar-refractivity contribution >= 4 is 16.5 Å². The van der Waals surface area contributed by atoms with Crippen LogP contribution in [-0.4, -0.2) is 14.2 Å². The van der Waals surface area contributed by atoms with Gasteiger partial charge in [0.2, 0.25) is 0 Å². The Morgan fingerprint density at radius 3 is 1.93 bits per heavy atom. The number of hydrogen-bond donors (Lipinski definition) is 1.